The zero-order valence-electron chi connectivity index (χ0n) is 13.4. The van der Waals surface area contributed by atoms with Gasteiger partial charge in [-0.05, 0) is 24.3 Å². The first-order valence-electron chi connectivity index (χ1n) is 7.73. The fourth-order valence-corrected chi connectivity index (χ4v) is 2.03. The molecule has 0 radical (unpaired) electrons. The molecule has 24 heavy (non-hydrogen) atoms. The van der Waals surface area contributed by atoms with Crippen molar-refractivity contribution in [3.63, 3.8) is 0 Å². The maximum absolute atomic E-state index is 12.3. The predicted molar refractivity (Wildman–Crippen MR) is 92.3 cm³/mol. The second kappa shape index (κ2) is 10.2. The van der Waals surface area contributed by atoms with Gasteiger partial charge in [-0.25, -0.2) is 0 Å². The van der Waals surface area contributed by atoms with E-state index in [9.17, 15) is 4.79 Å². The standard InChI is InChI=1S/C20H20O4/c1-2-12-22-13-14-23-15-16-24-19-10-8-18(9-11-19)20(21)17-6-4-3-5-7-17/h1,3-11H,12-16H2. The average Bonchev–Trinajstić information content (AvgIpc) is 2.64. The molecule has 0 unspecified atom stereocenters. The highest BCUT2D eigenvalue weighted by molar-refractivity contribution is 6.08. The third-order valence-electron chi connectivity index (χ3n) is 3.21. The topological polar surface area (TPSA) is 44.8 Å². The van der Waals surface area contributed by atoms with Gasteiger partial charge in [0, 0.05) is 11.1 Å². The van der Waals surface area contributed by atoms with E-state index >= 15 is 0 Å². The van der Waals surface area contributed by atoms with E-state index in [1.807, 2.05) is 18.2 Å². The van der Waals surface area contributed by atoms with Crippen LogP contribution in [0.3, 0.4) is 0 Å². The predicted octanol–water partition coefficient (Wildman–Crippen LogP) is 2.96. The molecule has 0 heterocycles. The van der Waals surface area contributed by atoms with Crippen molar-refractivity contribution in [2.24, 2.45) is 0 Å². The van der Waals surface area contributed by atoms with Gasteiger partial charge in [0.15, 0.2) is 5.78 Å². The number of ketones is 1. The number of rotatable bonds is 10. The fraction of sp³-hybridized carbons (Fsp3) is 0.250. The molecule has 0 saturated heterocycles. The molecule has 0 N–H and O–H groups in total. The van der Waals surface area contributed by atoms with Crippen molar-refractivity contribution in [3.8, 4) is 18.1 Å². The Hall–Kier alpha value is -2.61. The molecule has 124 valence electrons. The first-order valence-corrected chi connectivity index (χ1v) is 7.73. The molecule has 4 nitrogen and oxygen atoms in total. The minimum atomic E-state index is -0.00236. The Bertz CT molecular complexity index is 656. The van der Waals surface area contributed by atoms with E-state index in [1.54, 1.807) is 36.4 Å². The highest BCUT2D eigenvalue weighted by Gasteiger charge is 2.08. The van der Waals surface area contributed by atoms with Crippen molar-refractivity contribution >= 4 is 5.78 Å². The van der Waals surface area contributed by atoms with Gasteiger partial charge in [-0.2, -0.15) is 0 Å². The summed E-state index contributed by atoms with van der Waals surface area (Å²) >= 11 is 0. The van der Waals surface area contributed by atoms with Gasteiger partial charge in [0.25, 0.3) is 0 Å². The largest absolute Gasteiger partial charge is 0.491 e. The van der Waals surface area contributed by atoms with E-state index in [1.165, 1.54) is 0 Å². The molecule has 0 atom stereocenters. The molecule has 4 heteroatoms. The van der Waals surface area contributed by atoms with Crippen LogP contribution in [-0.2, 0) is 9.47 Å². The van der Waals surface area contributed by atoms with Crippen molar-refractivity contribution in [1.82, 2.24) is 0 Å². The molecule has 0 amide bonds. The van der Waals surface area contributed by atoms with Gasteiger partial charge in [0.05, 0.1) is 19.8 Å². The highest BCUT2D eigenvalue weighted by atomic mass is 16.5. The zero-order valence-corrected chi connectivity index (χ0v) is 13.4. The Balaban J connectivity index is 1.71. The summed E-state index contributed by atoms with van der Waals surface area (Å²) in [7, 11) is 0. The third-order valence-corrected chi connectivity index (χ3v) is 3.21. The average molecular weight is 324 g/mol. The van der Waals surface area contributed by atoms with Gasteiger partial charge in [-0.1, -0.05) is 36.3 Å². The van der Waals surface area contributed by atoms with Crippen molar-refractivity contribution in [2.75, 3.05) is 33.0 Å². The molecule has 0 bridgehead atoms. The van der Waals surface area contributed by atoms with Gasteiger partial charge in [0.2, 0.25) is 0 Å². The monoisotopic (exact) mass is 324 g/mol. The molecular weight excluding hydrogens is 304 g/mol. The Morgan fingerprint density at radius 3 is 2.17 bits per heavy atom. The maximum atomic E-state index is 12.3. The summed E-state index contributed by atoms with van der Waals surface area (Å²) in [5, 5.41) is 0. The molecule has 0 aromatic heterocycles. The number of hydrogen-bond acceptors (Lipinski definition) is 4. The third kappa shape index (κ3) is 5.88. The lowest BCUT2D eigenvalue weighted by molar-refractivity contribution is 0.0462. The fourth-order valence-electron chi connectivity index (χ4n) is 2.03. The molecule has 2 aromatic rings. The van der Waals surface area contributed by atoms with Crippen LogP contribution in [0.4, 0.5) is 0 Å². The second-order valence-corrected chi connectivity index (χ2v) is 4.94. The van der Waals surface area contributed by atoms with E-state index in [4.69, 9.17) is 20.6 Å². The second-order valence-electron chi connectivity index (χ2n) is 4.94. The van der Waals surface area contributed by atoms with Crippen LogP contribution in [0, 0.1) is 12.3 Å². The Labute approximate surface area is 142 Å². The lowest BCUT2D eigenvalue weighted by Gasteiger charge is -2.08. The molecular formula is C20H20O4. The van der Waals surface area contributed by atoms with Gasteiger partial charge < -0.3 is 14.2 Å². The van der Waals surface area contributed by atoms with E-state index in [2.05, 4.69) is 5.92 Å². The van der Waals surface area contributed by atoms with Crippen LogP contribution in [0.5, 0.6) is 5.75 Å². The van der Waals surface area contributed by atoms with Crippen molar-refractivity contribution in [3.05, 3.63) is 65.7 Å². The quantitative estimate of drug-likeness (QED) is 0.383. The Kier molecular flexibility index (Phi) is 7.55. The summed E-state index contributed by atoms with van der Waals surface area (Å²) in [6, 6.07) is 16.3. The smallest absolute Gasteiger partial charge is 0.193 e. The number of terminal acetylenes is 1. The zero-order chi connectivity index (χ0) is 17.0. The van der Waals surface area contributed by atoms with E-state index in [-0.39, 0.29) is 5.78 Å². The summed E-state index contributed by atoms with van der Waals surface area (Å²) in [6.07, 6.45) is 5.06. The van der Waals surface area contributed by atoms with Crippen molar-refractivity contribution < 1.29 is 19.0 Å². The van der Waals surface area contributed by atoms with Gasteiger partial charge in [-0.3, -0.25) is 4.79 Å². The lowest BCUT2D eigenvalue weighted by atomic mass is 10.0. The number of carbonyl (C=O) groups is 1. The van der Waals surface area contributed by atoms with Crippen LogP contribution < -0.4 is 4.74 Å². The first kappa shape index (κ1) is 17.7. The van der Waals surface area contributed by atoms with Crippen LogP contribution in [0.25, 0.3) is 0 Å². The first-order chi connectivity index (χ1) is 11.8. The molecule has 0 aliphatic rings. The minimum absolute atomic E-state index is 0.00236. The molecule has 0 spiro atoms. The van der Waals surface area contributed by atoms with Crippen LogP contribution in [0.1, 0.15) is 15.9 Å². The summed E-state index contributed by atoms with van der Waals surface area (Å²) in [5.41, 5.74) is 1.31. The maximum Gasteiger partial charge on any atom is 0.193 e. The van der Waals surface area contributed by atoms with E-state index in [0.717, 1.165) is 0 Å². The van der Waals surface area contributed by atoms with E-state index < -0.39 is 0 Å². The molecule has 2 rings (SSSR count). The van der Waals surface area contributed by atoms with Crippen LogP contribution >= 0.6 is 0 Å². The highest BCUT2D eigenvalue weighted by Crippen LogP contribution is 2.15. The van der Waals surface area contributed by atoms with Crippen LogP contribution in [0.2, 0.25) is 0 Å². The number of carbonyl (C=O) groups excluding carboxylic acids is 1. The molecule has 0 fully saturated rings. The lowest BCUT2D eigenvalue weighted by Crippen LogP contribution is -2.11. The van der Waals surface area contributed by atoms with Gasteiger partial charge in [-0.15, -0.1) is 6.42 Å². The summed E-state index contributed by atoms with van der Waals surface area (Å²) in [5.74, 6) is 3.09. The normalized spacial score (nSPS) is 10.1. The number of benzene rings is 2. The van der Waals surface area contributed by atoms with Gasteiger partial charge >= 0.3 is 0 Å². The summed E-state index contributed by atoms with van der Waals surface area (Å²) in [4.78, 5) is 12.3. The van der Waals surface area contributed by atoms with Crippen molar-refractivity contribution in [1.29, 1.82) is 0 Å². The molecule has 2 aromatic carbocycles. The number of ether oxygens (including phenoxy) is 3. The van der Waals surface area contributed by atoms with Gasteiger partial charge in [0.1, 0.15) is 19.0 Å². The summed E-state index contributed by atoms with van der Waals surface area (Å²) < 4.78 is 16.0. The minimum Gasteiger partial charge on any atom is -0.491 e. The van der Waals surface area contributed by atoms with Crippen LogP contribution in [0.15, 0.2) is 54.6 Å². The van der Waals surface area contributed by atoms with E-state index in [0.29, 0.717) is 49.9 Å². The number of hydrogen-bond donors (Lipinski definition) is 0. The van der Waals surface area contributed by atoms with Crippen LogP contribution in [-0.4, -0.2) is 38.8 Å². The Morgan fingerprint density at radius 2 is 1.46 bits per heavy atom. The summed E-state index contributed by atoms with van der Waals surface area (Å²) in [6.45, 7) is 2.15. The Morgan fingerprint density at radius 1 is 0.833 bits per heavy atom. The molecule has 0 aliphatic heterocycles. The van der Waals surface area contributed by atoms with Crippen molar-refractivity contribution in [2.45, 2.75) is 0 Å². The molecule has 0 saturated carbocycles. The molecule has 0 aliphatic carbocycles. The SMILES string of the molecule is C#CCOCCOCCOc1ccc(C(=O)c2ccccc2)cc1.